The van der Waals surface area contributed by atoms with E-state index in [1.54, 1.807) is 0 Å². The van der Waals surface area contributed by atoms with Crippen LogP contribution in [0.3, 0.4) is 0 Å². The molecule has 3 nitrogen and oxygen atoms in total. The topological polar surface area (TPSA) is 26.5 Å². The molecule has 0 N–H and O–H groups in total. The van der Waals surface area contributed by atoms with Gasteiger partial charge in [-0.3, -0.25) is 4.40 Å². The monoisotopic (exact) mass is 368 g/mol. The normalized spacial score (nSPS) is 14.0. The summed E-state index contributed by atoms with van der Waals surface area (Å²) in [4.78, 5) is 4.58. The van der Waals surface area contributed by atoms with Crippen LogP contribution in [-0.2, 0) is 0 Å². The number of aromatic nitrogens is 2. The summed E-state index contributed by atoms with van der Waals surface area (Å²) in [5.74, 6) is 1.68. The molecule has 4 aromatic rings. The molecule has 140 valence electrons. The van der Waals surface area contributed by atoms with Crippen LogP contribution in [0.4, 0.5) is 0 Å². The van der Waals surface area contributed by atoms with Gasteiger partial charge in [-0.15, -0.1) is 0 Å². The van der Waals surface area contributed by atoms with Crippen LogP contribution in [0.2, 0.25) is 0 Å². The van der Waals surface area contributed by atoms with Crippen molar-refractivity contribution in [2.24, 2.45) is 0 Å². The Hall–Kier alpha value is -3.07. The number of hydrogen-bond acceptors (Lipinski definition) is 2. The van der Waals surface area contributed by atoms with E-state index in [0.717, 1.165) is 28.6 Å². The van der Waals surface area contributed by atoms with Crippen LogP contribution in [0.15, 0.2) is 73.1 Å². The summed E-state index contributed by atoms with van der Waals surface area (Å²) in [6.45, 7) is 4.08. The molecule has 1 aliphatic rings. The lowest BCUT2D eigenvalue weighted by atomic mass is 10.0. The van der Waals surface area contributed by atoms with Gasteiger partial charge in [0.25, 0.3) is 0 Å². The Morgan fingerprint density at radius 3 is 2.21 bits per heavy atom. The molecule has 5 rings (SSSR count). The van der Waals surface area contributed by atoms with Gasteiger partial charge < -0.3 is 4.74 Å². The fourth-order valence-electron chi connectivity index (χ4n) is 3.71. The average Bonchev–Trinajstić information content (AvgIpc) is 3.48. The van der Waals surface area contributed by atoms with E-state index < -0.39 is 0 Å². The Morgan fingerprint density at radius 2 is 1.54 bits per heavy atom. The van der Waals surface area contributed by atoms with Gasteiger partial charge in [0.15, 0.2) is 0 Å². The largest absolute Gasteiger partial charge is 0.491 e. The van der Waals surface area contributed by atoms with Crippen molar-refractivity contribution >= 4 is 5.65 Å². The number of benzene rings is 2. The predicted molar refractivity (Wildman–Crippen MR) is 114 cm³/mol. The first-order valence-corrected chi connectivity index (χ1v) is 10.0. The van der Waals surface area contributed by atoms with Gasteiger partial charge in [0.2, 0.25) is 0 Å². The summed E-state index contributed by atoms with van der Waals surface area (Å²) < 4.78 is 7.93. The van der Waals surface area contributed by atoms with Gasteiger partial charge in [-0.2, -0.15) is 0 Å². The molecule has 1 saturated carbocycles. The summed E-state index contributed by atoms with van der Waals surface area (Å²) in [6.07, 6.45) is 6.97. The van der Waals surface area contributed by atoms with Crippen molar-refractivity contribution in [3.63, 3.8) is 0 Å². The Labute approximate surface area is 165 Å². The molecule has 1 aliphatic carbocycles. The van der Waals surface area contributed by atoms with E-state index in [1.807, 2.05) is 32.2 Å². The lowest BCUT2D eigenvalue weighted by Gasteiger charge is -2.10. The van der Waals surface area contributed by atoms with E-state index in [1.165, 1.54) is 29.5 Å². The second kappa shape index (κ2) is 6.83. The second-order valence-electron chi connectivity index (χ2n) is 7.88. The molecular weight excluding hydrogens is 344 g/mol. The number of ether oxygens (including phenoxy) is 1. The maximum atomic E-state index is 5.76. The van der Waals surface area contributed by atoms with Gasteiger partial charge in [-0.05, 0) is 85.7 Å². The fraction of sp³-hybridized carbons (Fsp3) is 0.240. The zero-order chi connectivity index (χ0) is 19.1. The molecule has 0 bridgehead atoms. The Morgan fingerprint density at radius 1 is 0.857 bits per heavy atom. The molecule has 1 fully saturated rings. The predicted octanol–water partition coefficient (Wildman–Crippen LogP) is 6.33. The lowest BCUT2D eigenvalue weighted by Crippen LogP contribution is -2.05. The minimum atomic E-state index is 0.176. The van der Waals surface area contributed by atoms with Crippen LogP contribution in [0.25, 0.3) is 28.0 Å². The van der Waals surface area contributed by atoms with E-state index in [4.69, 9.17) is 4.74 Å². The molecule has 0 atom stereocenters. The first-order chi connectivity index (χ1) is 13.7. The zero-order valence-corrected chi connectivity index (χ0v) is 16.3. The third kappa shape index (κ3) is 3.29. The Balaban J connectivity index is 1.49. The molecular formula is C25H24N2O. The van der Waals surface area contributed by atoms with E-state index in [2.05, 4.69) is 64.1 Å². The Kier molecular flexibility index (Phi) is 4.16. The number of rotatable bonds is 5. The Bertz CT molecular complexity index is 1100. The third-order valence-electron chi connectivity index (χ3n) is 5.32. The molecule has 0 aliphatic heterocycles. The molecule has 0 saturated heterocycles. The van der Waals surface area contributed by atoms with Crippen molar-refractivity contribution in [3.8, 4) is 28.1 Å². The van der Waals surface area contributed by atoms with Crippen molar-refractivity contribution in [1.82, 2.24) is 9.38 Å². The lowest BCUT2D eigenvalue weighted by molar-refractivity contribution is 0.242. The molecule has 0 radical (unpaired) electrons. The highest BCUT2D eigenvalue weighted by Gasteiger charge is 2.23. The van der Waals surface area contributed by atoms with Crippen LogP contribution >= 0.6 is 0 Å². The number of nitrogens with zero attached hydrogens (tertiary/aromatic N) is 2. The van der Waals surface area contributed by atoms with Crippen molar-refractivity contribution in [2.45, 2.75) is 38.7 Å². The number of imidazole rings is 1. The summed E-state index contributed by atoms with van der Waals surface area (Å²) in [5, 5.41) is 0. The second-order valence-corrected chi connectivity index (χ2v) is 7.88. The molecule has 0 amide bonds. The van der Waals surface area contributed by atoms with Gasteiger partial charge in [-0.1, -0.05) is 24.3 Å². The average molecular weight is 368 g/mol. The van der Waals surface area contributed by atoms with Crippen molar-refractivity contribution in [3.05, 3.63) is 78.6 Å². The van der Waals surface area contributed by atoms with Gasteiger partial charge in [0.05, 0.1) is 18.0 Å². The minimum Gasteiger partial charge on any atom is -0.491 e. The summed E-state index contributed by atoms with van der Waals surface area (Å²) >= 11 is 0. The van der Waals surface area contributed by atoms with Crippen LogP contribution in [-0.4, -0.2) is 15.5 Å². The molecule has 2 heterocycles. The fourth-order valence-corrected chi connectivity index (χ4v) is 3.71. The van der Waals surface area contributed by atoms with E-state index in [9.17, 15) is 0 Å². The van der Waals surface area contributed by atoms with Gasteiger partial charge >= 0.3 is 0 Å². The number of hydrogen-bond donors (Lipinski definition) is 0. The summed E-state index contributed by atoms with van der Waals surface area (Å²) in [7, 11) is 0. The molecule has 2 aromatic carbocycles. The standard InChI is InChI=1S/C25H24N2O/c1-17(2)28-23-12-9-21(10-13-23)24-15-26-25-14-11-22(16-27(24)25)20-7-5-19(6-8-20)18-3-4-18/h5-18H,3-4H2,1-2H3. The highest BCUT2D eigenvalue weighted by atomic mass is 16.5. The first kappa shape index (κ1) is 17.1. The molecule has 28 heavy (non-hydrogen) atoms. The highest BCUT2D eigenvalue weighted by molar-refractivity contribution is 5.69. The van der Waals surface area contributed by atoms with Gasteiger partial charge in [0, 0.05) is 11.8 Å². The summed E-state index contributed by atoms with van der Waals surface area (Å²) in [6, 6.07) is 21.5. The molecule has 3 heteroatoms. The van der Waals surface area contributed by atoms with Crippen LogP contribution in [0.1, 0.15) is 38.2 Å². The SMILES string of the molecule is CC(C)Oc1ccc(-c2cnc3ccc(-c4ccc(C5CC5)cc4)cn23)cc1. The maximum Gasteiger partial charge on any atom is 0.137 e. The highest BCUT2D eigenvalue weighted by Crippen LogP contribution is 2.40. The van der Waals surface area contributed by atoms with Gasteiger partial charge in [-0.25, -0.2) is 4.98 Å². The molecule has 0 unspecified atom stereocenters. The minimum absolute atomic E-state index is 0.176. The van der Waals surface area contributed by atoms with E-state index in [-0.39, 0.29) is 6.10 Å². The van der Waals surface area contributed by atoms with Crippen LogP contribution < -0.4 is 4.74 Å². The zero-order valence-electron chi connectivity index (χ0n) is 16.3. The van der Waals surface area contributed by atoms with Crippen LogP contribution in [0.5, 0.6) is 5.75 Å². The van der Waals surface area contributed by atoms with E-state index >= 15 is 0 Å². The maximum absolute atomic E-state index is 5.76. The number of fused-ring (bicyclic) bond motifs is 1. The van der Waals surface area contributed by atoms with Crippen molar-refractivity contribution in [1.29, 1.82) is 0 Å². The van der Waals surface area contributed by atoms with Crippen LogP contribution in [0, 0.1) is 0 Å². The van der Waals surface area contributed by atoms with Crippen molar-refractivity contribution in [2.75, 3.05) is 0 Å². The smallest absolute Gasteiger partial charge is 0.137 e. The quantitative estimate of drug-likeness (QED) is 0.411. The van der Waals surface area contributed by atoms with Crippen molar-refractivity contribution < 1.29 is 4.74 Å². The number of pyridine rings is 1. The van der Waals surface area contributed by atoms with Gasteiger partial charge in [0.1, 0.15) is 11.4 Å². The molecule has 2 aromatic heterocycles. The summed E-state index contributed by atoms with van der Waals surface area (Å²) in [5.41, 5.74) is 7.08. The van der Waals surface area contributed by atoms with E-state index in [0.29, 0.717) is 0 Å². The molecule has 0 spiro atoms. The first-order valence-electron chi connectivity index (χ1n) is 10.0. The third-order valence-corrected chi connectivity index (χ3v) is 5.32.